The number of para-hydroxylation sites is 1. The number of benzene rings is 1. The fourth-order valence-corrected chi connectivity index (χ4v) is 3.62. The van der Waals surface area contributed by atoms with E-state index in [-0.39, 0.29) is 24.6 Å². The highest BCUT2D eigenvalue weighted by molar-refractivity contribution is 6.35. The zero-order chi connectivity index (χ0) is 19.5. The third-order valence-corrected chi connectivity index (χ3v) is 5.06. The van der Waals surface area contributed by atoms with Crippen LogP contribution in [0.25, 0.3) is 11.0 Å². The summed E-state index contributed by atoms with van der Waals surface area (Å²) in [5.74, 6) is -1.22. The van der Waals surface area contributed by atoms with E-state index in [1.165, 1.54) is 11.8 Å². The Hall–Kier alpha value is -2.55. The van der Waals surface area contributed by atoms with Crippen LogP contribution in [0.2, 0.25) is 5.02 Å². The monoisotopic (exact) mass is 397 g/mol. The maximum Gasteiger partial charge on any atom is 0.449 e. The zero-order valence-electron chi connectivity index (χ0n) is 14.4. The number of carbonyl (C=O) groups is 1. The number of halogens is 4. The van der Waals surface area contributed by atoms with E-state index in [9.17, 15) is 18.0 Å². The highest BCUT2D eigenvalue weighted by atomic mass is 35.5. The second-order valence-corrected chi connectivity index (χ2v) is 6.99. The van der Waals surface area contributed by atoms with Gasteiger partial charge in [0, 0.05) is 12.6 Å². The lowest BCUT2D eigenvalue weighted by Crippen LogP contribution is -2.45. The Morgan fingerprint density at radius 1 is 1.33 bits per heavy atom. The molecule has 0 radical (unpaired) electrons. The Balaban J connectivity index is 1.70. The van der Waals surface area contributed by atoms with Gasteiger partial charge in [-0.1, -0.05) is 17.7 Å². The Morgan fingerprint density at radius 3 is 2.74 bits per heavy atom. The Kier molecular flexibility index (Phi) is 3.95. The molecule has 27 heavy (non-hydrogen) atoms. The van der Waals surface area contributed by atoms with Gasteiger partial charge in [0.25, 0.3) is 5.91 Å². The van der Waals surface area contributed by atoms with Crippen LogP contribution in [0.5, 0.6) is 0 Å². The molecule has 6 nitrogen and oxygen atoms in total. The summed E-state index contributed by atoms with van der Waals surface area (Å²) >= 11 is 6.10. The molecule has 10 heteroatoms. The number of nitrogens with one attached hydrogen (secondary N) is 1. The quantitative estimate of drug-likeness (QED) is 0.679. The van der Waals surface area contributed by atoms with Crippen molar-refractivity contribution >= 4 is 28.5 Å². The van der Waals surface area contributed by atoms with Crippen molar-refractivity contribution in [3.05, 3.63) is 46.3 Å². The summed E-state index contributed by atoms with van der Waals surface area (Å²) < 4.78 is 40.8. The normalized spacial score (nSPS) is 17.4. The van der Waals surface area contributed by atoms with Crippen LogP contribution in [0.1, 0.15) is 34.8 Å². The molecule has 0 fully saturated rings. The van der Waals surface area contributed by atoms with Crippen molar-refractivity contribution in [3.63, 3.8) is 0 Å². The van der Waals surface area contributed by atoms with Crippen LogP contribution in [-0.2, 0) is 19.3 Å². The Bertz CT molecular complexity index is 1050. The maximum absolute atomic E-state index is 13.2. The fraction of sp³-hybridized carbons (Fsp3) is 0.353. The van der Waals surface area contributed by atoms with Crippen molar-refractivity contribution in [1.82, 2.24) is 24.4 Å². The van der Waals surface area contributed by atoms with E-state index < -0.39 is 23.9 Å². The molecule has 3 aromatic rings. The molecule has 1 aliphatic heterocycles. The summed E-state index contributed by atoms with van der Waals surface area (Å²) in [6.45, 7) is 3.25. The van der Waals surface area contributed by atoms with Crippen LogP contribution < -0.4 is 0 Å². The highest BCUT2D eigenvalue weighted by Crippen LogP contribution is 2.33. The van der Waals surface area contributed by atoms with E-state index in [4.69, 9.17) is 11.6 Å². The topological polar surface area (TPSA) is 66.8 Å². The number of nitrogens with zero attached hydrogens (tertiary/aromatic N) is 4. The van der Waals surface area contributed by atoms with Gasteiger partial charge < -0.3 is 14.5 Å². The van der Waals surface area contributed by atoms with Gasteiger partial charge in [-0.2, -0.15) is 13.2 Å². The average molecular weight is 398 g/mol. The van der Waals surface area contributed by atoms with Crippen LogP contribution in [0.3, 0.4) is 0 Å². The number of alkyl halides is 3. The number of aryl methyl sites for hydroxylation is 1. The first-order valence-electron chi connectivity index (χ1n) is 8.25. The summed E-state index contributed by atoms with van der Waals surface area (Å²) in [7, 11) is 0. The maximum atomic E-state index is 13.2. The lowest BCUT2D eigenvalue weighted by Gasteiger charge is -2.34. The van der Waals surface area contributed by atoms with Gasteiger partial charge in [-0.25, -0.2) is 9.97 Å². The first-order valence-corrected chi connectivity index (χ1v) is 8.63. The van der Waals surface area contributed by atoms with Gasteiger partial charge in [0.05, 0.1) is 28.5 Å². The predicted octanol–water partition coefficient (Wildman–Crippen LogP) is 3.78. The molecular weight excluding hydrogens is 383 g/mol. The summed E-state index contributed by atoms with van der Waals surface area (Å²) in [6, 6.07) is 4.70. The number of aromatic nitrogens is 4. The first kappa shape index (κ1) is 17.8. The van der Waals surface area contributed by atoms with E-state index in [2.05, 4.69) is 15.0 Å². The van der Waals surface area contributed by atoms with Crippen molar-refractivity contribution in [2.24, 2.45) is 0 Å². The molecule has 1 atom stereocenters. The number of carbonyl (C=O) groups excluding carboxylic acids is 1. The molecule has 142 valence electrons. The van der Waals surface area contributed by atoms with Gasteiger partial charge >= 0.3 is 6.18 Å². The Morgan fingerprint density at radius 2 is 2.07 bits per heavy atom. The molecule has 1 amide bonds. The van der Waals surface area contributed by atoms with Gasteiger partial charge in [-0.3, -0.25) is 4.79 Å². The number of hydrogen-bond acceptors (Lipinski definition) is 3. The van der Waals surface area contributed by atoms with Gasteiger partial charge in [0.15, 0.2) is 5.82 Å². The van der Waals surface area contributed by atoms with Crippen molar-refractivity contribution in [2.45, 2.75) is 39.2 Å². The highest BCUT2D eigenvalue weighted by Gasteiger charge is 2.41. The predicted molar refractivity (Wildman–Crippen MR) is 92.4 cm³/mol. The van der Waals surface area contributed by atoms with Gasteiger partial charge in [-0.05, 0) is 26.0 Å². The molecule has 1 N–H and O–H groups in total. The minimum atomic E-state index is -4.54. The van der Waals surface area contributed by atoms with Crippen LogP contribution in [0, 0.1) is 6.92 Å². The first-order chi connectivity index (χ1) is 12.7. The van der Waals surface area contributed by atoms with Crippen LogP contribution in [0.15, 0.2) is 18.2 Å². The molecule has 0 spiro atoms. The smallest absolute Gasteiger partial charge is 0.334 e. The summed E-state index contributed by atoms with van der Waals surface area (Å²) in [5.41, 5.74) is 1.74. The second kappa shape index (κ2) is 5.98. The lowest BCUT2D eigenvalue weighted by atomic mass is 10.1. The fourth-order valence-electron chi connectivity index (χ4n) is 3.41. The molecular formula is C17H15ClF3N5O. The molecule has 4 rings (SSSR count). The second-order valence-electron chi connectivity index (χ2n) is 6.58. The molecule has 0 saturated heterocycles. The van der Waals surface area contributed by atoms with Crippen molar-refractivity contribution in [3.8, 4) is 0 Å². The molecule has 0 saturated carbocycles. The molecule has 0 unspecified atom stereocenters. The standard InChI is InChI=1S/C17H15ClF3N5O/c1-8-6-26-12(9(2)22-16(26)17(19,20)21)7-25(8)15(27)14-23-11-5-3-4-10(18)13(11)24-14/h3-5,8H,6-7H2,1-2H3,(H,23,24)/t8-/m0/s1. The largest absolute Gasteiger partial charge is 0.449 e. The summed E-state index contributed by atoms with van der Waals surface area (Å²) in [5, 5.41) is 0.415. The number of rotatable bonds is 1. The minimum absolute atomic E-state index is 0.0116. The Labute approximate surface area is 157 Å². The molecule has 1 aromatic carbocycles. The molecule has 3 heterocycles. The van der Waals surface area contributed by atoms with E-state index in [0.717, 1.165) is 4.57 Å². The minimum Gasteiger partial charge on any atom is -0.334 e. The summed E-state index contributed by atoms with van der Waals surface area (Å²) in [6.07, 6.45) is -4.54. The zero-order valence-corrected chi connectivity index (χ0v) is 15.2. The van der Waals surface area contributed by atoms with Crippen molar-refractivity contribution < 1.29 is 18.0 Å². The summed E-state index contributed by atoms with van der Waals surface area (Å²) in [4.78, 5) is 25.3. The van der Waals surface area contributed by atoms with Crippen LogP contribution in [-0.4, -0.2) is 36.4 Å². The number of hydrogen-bond donors (Lipinski definition) is 1. The van der Waals surface area contributed by atoms with E-state index >= 15 is 0 Å². The number of aromatic amines is 1. The molecule has 2 aromatic heterocycles. The van der Waals surface area contributed by atoms with Gasteiger partial charge in [0.2, 0.25) is 5.82 Å². The van der Waals surface area contributed by atoms with Crippen molar-refractivity contribution in [2.75, 3.05) is 0 Å². The third kappa shape index (κ3) is 2.86. The molecule has 1 aliphatic rings. The van der Waals surface area contributed by atoms with Gasteiger partial charge in [0.1, 0.15) is 5.52 Å². The molecule has 0 aliphatic carbocycles. The van der Waals surface area contributed by atoms with E-state index in [1.807, 2.05) is 0 Å². The molecule has 0 bridgehead atoms. The average Bonchev–Trinajstić information content (AvgIpc) is 3.16. The number of fused-ring (bicyclic) bond motifs is 2. The van der Waals surface area contributed by atoms with Crippen LogP contribution in [0.4, 0.5) is 13.2 Å². The number of amides is 1. The van der Waals surface area contributed by atoms with Crippen molar-refractivity contribution in [1.29, 1.82) is 0 Å². The number of H-pyrrole nitrogens is 1. The van der Waals surface area contributed by atoms with E-state index in [1.54, 1.807) is 25.1 Å². The van der Waals surface area contributed by atoms with E-state index in [0.29, 0.717) is 21.7 Å². The SMILES string of the molecule is Cc1nc(C(F)(F)F)n2c1CN(C(=O)c1nc3c(Cl)cccc3[nH]1)[C@@H](C)C2. The third-order valence-electron chi connectivity index (χ3n) is 4.75. The number of imidazole rings is 2. The van der Waals surface area contributed by atoms with Gasteiger partial charge in [-0.15, -0.1) is 0 Å². The lowest BCUT2D eigenvalue weighted by molar-refractivity contribution is -0.148. The van der Waals surface area contributed by atoms with Crippen LogP contribution >= 0.6 is 11.6 Å².